The average Bonchev–Trinajstić information content (AvgIpc) is 2.36. The van der Waals surface area contributed by atoms with Gasteiger partial charge in [-0.1, -0.05) is 15.9 Å². The predicted molar refractivity (Wildman–Crippen MR) is 43.8 cm³/mol. The summed E-state index contributed by atoms with van der Waals surface area (Å²) in [6.07, 6.45) is 0.748. The molecule has 0 bridgehead atoms. The smallest absolute Gasteiger partial charge is 0.314 e. The van der Waals surface area contributed by atoms with Gasteiger partial charge in [-0.05, 0) is 0 Å². The van der Waals surface area contributed by atoms with Crippen LogP contribution in [-0.4, -0.2) is 28.2 Å². The predicted octanol–water partition coefficient (Wildman–Crippen LogP) is -0.111. The fraction of sp³-hybridized carbons (Fsp3) is 0.500. The number of carboxylic acids is 1. The van der Waals surface area contributed by atoms with Crippen LogP contribution < -0.4 is 5.32 Å². The fourth-order valence-electron chi connectivity index (χ4n) is 0.508. The molecule has 1 aliphatic rings. The van der Waals surface area contributed by atoms with Gasteiger partial charge in [0.05, 0.1) is 0 Å². The van der Waals surface area contributed by atoms with Crippen LogP contribution in [0.2, 0.25) is 0 Å². The second-order valence-electron chi connectivity index (χ2n) is 2.00. The van der Waals surface area contributed by atoms with Gasteiger partial charge in [-0.15, -0.1) is 0 Å². The Morgan fingerprint density at radius 2 is 1.75 bits per heavy atom. The molecule has 0 aromatic carbocycles. The normalized spacial score (nSPS) is 14.8. The Hall–Kier alpha value is -0.910. The van der Waals surface area contributed by atoms with Gasteiger partial charge in [-0.3, -0.25) is 19.7 Å². The molecule has 12 heavy (non-hydrogen) atoms. The third-order valence-corrected chi connectivity index (χ3v) is 1.45. The van der Waals surface area contributed by atoms with Gasteiger partial charge in [0.2, 0.25) is 11.8 Å². The molecule has 1 fully saturated rings. The highest BCUT2D eigenvalue weighted by Gasteiger charge is 2.15. The molecule has 0 atom stereocenters. The van der Waals surface area contributed by atoms with E-state index in [1.165, 1.54) is 0 Å². The standard InChI is InChI=1S/C4H5NO2.C2H3BrO2/c6-3-1-2-4(7)5-3;3-1-2(4)5/h1-2H2,(H,5,6,7);1H2,(H,4,5). The van der Waals surface area contributed by atoms with E-state index in [0.717, 1.165) is 0 Å². The maximum absolute atomic E-state index is 10.1. The molecular formula is C6H8BrNO4. The first-order valence-electron chi connectivity index (χ1n) is 3.16. The summed E-state index contributed by atoms with van der Waals surface area (Å²) in [6.45, 7) is 0. The first-order chi connectivity index (χ1) is 5.56. The van der Waals surface area contributed by atoms with Crippen molar-refractivity contribution in [3.05, 3.63) is 0 Å². The molecule has 0 unspecified atom stereocenters. The Labute approximate surface area is 77.3 Å². The van der Waals surface area contributed by atoms with Crippen molar-refractivity contribution in [3.8, 4) is 0 Å². The van der Waals surface area contributed by atoms with Crippen molar-refractivity contribution >= 4 is 33.7 Å². The molecule has 0 aromatic heterocycles. The Kier molecular flexibility index (Phi) is 5.27. The van der Waals surface area contributed by atoms with Gasteiger partial charge in [-0.25, -0.2) is 0 Å². The van der Waals surface area contributed by atoms with Crippen molar-refractivity contribution in [1.29, 1.82) is 0 Å². The molecule has 0 saturated carbocycles. The number of hydrogen-bond donors (Lipinski definition) is 2. The van der Waals surface area contributed by atoms with Crippen molar-refractivity contribution in [2.24, 2.45) is 0 Å². The molecule has 2 amide bonds. The number of alkyl halides is 1. The quantitative estimate of drug-likeness (QED) is 0.493. The molecule has 2 N–H and O–H groups in total. The number of halogens is 1. The zero-order chi connectivity index (χ0) is 9.56. The maximum atomic E-state index is 10.1. The molecule has 1 aliphatic heterocycles. The monoisotopic (exact) mass is 237 g/mol. The van der Waals surface area contributed by atoms with Gasteiger partial charge in [0.25, 0.3) is 0 Å². The van der Waals surface area contributed by atoms with E-state index in [1.807, 2.05) is 0 Å². The Morgan fingerprint density at radius 3 is 1.83 bits per heavy atom. The van der Waals surface area contributed by atoms with Crippen LogP contribution in [-0.2, 0) is 14.4 Å². The molecule has 1 heterocycles. The van der Waals surface area contributed by atoms with Crippen LogP contribution in [0.3, 0.4) is 0 Å². The fourth-order valence-corrected chi connectivity index (χ4v) is 0.508. The summed E-state index contributed by atoms with van der Waals surface area (Å²) < 4.78 is 0. The molecule has 0 radical (unpaired) electrons. The van der Waals surface area contributed by atoms with Crippen molar-refractivity contribution in [1.82, 2.24) is 5.32 Å². The zero-order valence-corrected chi connectivity index (χ0v) is 7.76. The van der Waals surface area contributed by atoms with Crippen LogP contribution >= 0.6 is 15.9 Å². The van der Waals surface area contributed by atoms with Crippen LogP contribution in [0, 0.1) is 0 Å². The van der Waals surface area contributed by atoms with Gasteiger partial charge in [-0.2, -0.15) is 0 Å². The summed E-state index contributed by atoms with van der Waals surface area (Å²) in [5, 5.41) is 9.85. The number of nitrogens with one attached hydrogen (secondary N) is 1. The van der Waals surface area contributed by atoms with Crippen molar-refractivity contribution < 1.29 is 19.5 Å². The lowest BCUT2D eigenvalue weighted by molar-refractivity contribution is -0.134. The van der Waals surface area contributed by atoms with Crippen LogP contribution in [0.15, 0.2) is 0 Å². The summed E-state index contributed by atoms with van der Waals surface area (Å²) in [7, 11) is 0. The molecule has 1 saturated heterocycles. The highest BCUT2D eigenvalue weighted by molar-refractivity contribution is 9.09. The SMILES string of the molecule is O=C(O)CBr.O=C1CCC(=O)N1. The van der Waals surface area contributed by atoms with Gasteiger partial charge >= 0.3 is 5.97 Å². The van der Waals surface area contributed by atoms with E-state index in [9.17, 15) is 14.4 Å². The van der Waals surface area contributed by atoms with Crippen molar-refractivity contribution in [2.75, 3.05) is 5.33 Å². The van der Waals surface area contributed by atoms with E-state index in [-0.39, 0.29) is 17.1 Å². The molecule has 1 rings (SSSR count). The summed E-state index contributed by atoms with van der Waals surface area (Å²) >= 11 is 2.71. The van der Waals surface area contributed by atoms with Crippen molar-refractivity contribution in [2.45, 2.75) is 12.8 Å². The number of hydrogen-bond acceptors (Lipinski definition) is 3. The van der Waals surface area contributed by atoms with Crippen LogP contribution in [0.5, 0.6) is 0 Å². The van der Waals surface area contributed by atoms with E-state index in [0.29, 0.717) is 12.8 Å². The highest BCUT2D eigenvalue weighted by Crippen LogP contribution is 1.95. The second-order valence-corrected chi connectivity index (χ2v) is 2.56. The lowest BCUT2D eigenvalue weighted by atomic mass is 10.4. The van der Waals surface area contributed by atoms with E-state index >= 15 is 0 Å². The summed E-state index contributed by atoms with van der Waals surface area (Å²) in [6, 6.07) is 0. The zero-order valence-electron chi connectivity index (χ0n) is 6.17. The minimum absolute atomic E-state index is 0.0347. The molecule has 0 aromatic rings. The second kappa shape index (κ2) is 5.70. The van der Waals surface area contributed by atoms with Crippen molar-refractivity contribution in [3.63, 3.8) is 0 Å². The molecule has 68 valence electrons. The lowest BCUT2D eigenvalue weighted by Crippen LogP contribution is -2.18. The largest absolute Gasteiger partial charge is 0.481 e. The number of carbonyl (C=O) groups excluding carboxylic acids is 2. The number of aliphatic carboxylic acids is 1. The van der Waals surface area contributed by atoms with E-state index in [2.05, 4.69) is 21.2 Å². The summed E-state index contributed by atoms with van der Waals surface area (Å²) in [5.41, 5.74) is 0. The highest BCUT2D eigenvalue weighted by atomic mass is 79.9. The van der Waals surface area contributed by atoms with Gasteiger partial charge < -0.3 is 5.11 Å². The van der Waals surface area contributed by atoms with Gasteiger partial charge in [0.1, 0.15) is 5.33 Å². The first kappa shape index (κ1) is 11.1. The number of carboxylic acid groups (broad SMARTS) is 1. The molecule has 0 spiro atoms. The van der Waals surface area contributed by atoms with Gasteiger partial charge in [0, 0.05) is 12.8 Å². The summed E-state index contributed by atoms with van der Waals surface area (Å²) in [5.74, 6) is -1.12. The molecular weight excluding hydrogens is 230 g/mol. The average molecular weight is 238 g/mol. The number of carbonyl (C=O) groups is 3. The van der Waals surface area contributed by atoms with Gasteiger partial charge in [0.15, 0.2) is 0 Å². The van der Waals surface area contributed by atoms with E-state index in [4.69, 9.17) is 5.11 Å². The number of rotatable bonds is 1. The maximum Gasteiger partial charge on any atom is 0.314 e. The topological polar surface area (TPSA) is 83.5 Å². The van der Waals surface area contributed by atoms with Crippen LogP contribution in [0.25, 0.3) is 0 Å². The Morgan fingerprint density at radius 1 is 1.42 bits per heavy atom. The van der Waals surface area contributed by atoms with E-state index < -0.39 is 5.97 Å². The number of imide groups is 1. The molecule has 0 aliphatic carbocycles. The Bertz CT molecular complexity index is 190. The van der Waals surface area contributed by atoms with Crippen LogP contribution in [0.1, 0.15) is 12.8 Å². The lowest BCUT2D eigenvalue weighted by Gasteiger charge is -1.79. The van der Waals surface area contributed by atoms with E-state index in [1.54, 1.807) is 0 Å². The third-order valence-electron chi connectivity index (χ3n) is 0.972. The molecule has 5 nitrogen and oxygen atoms in total. The third kappa shape index (κ3) is 5.84. The molecule has 6 heteroatoms. The summed E-state index contributed by atoms with van der Waals surface area (Å²) in [4.78, 5) is 29.6. The number of amides is 2. The minimum Gasteiger partial charge on any atom is -0.481 e. The first-order valence-corrected chi connectivity index (χ1v) is 4.29. The van der Waals surface area contributed by atoms with Crippen LogP contribution in [0.4, 0.5) is 0 Å². The Balaban J connectivity index is 0.000000217. The minimum atomic E-state index is -0.829.